The van der Waals surface area contributed by atoms with Crippen molar-refractivity contribution in [1.29, 1.82) is 0 Å². The maximum atomic E-state index is 12.8. The molecule has 3 aromatic rings. The van der Waals surface area contributed by atoms with E-state index in [1.54, 1.807) is 17.0 Å². The van der Waals surface area contributed by atoms with E-state index in [0.717, 1.165) is 11.0 Å². The third-order valence-corrected chi connectivity index (χ3v) is 5.19. The van der Waals surface area contributed by atoms with Crippen molar-refractivity contribution in [1.82, 2.24) is 14.8 Å². The van der Waals surface area contributed by atoms with E-state index in [4.69, 9.17) is 0 Å². The Labute approximate surface area is 170 Å². The van der Waals surface area contributed by atoms with E-state index in [0.29, 0.717) is 43.2 Å². The Morgan fingerprint density at radius 3 is 2.03 bits per heavy atom. The maximum Gasteiger partial charge on any atom is 0.239 e. The minimum Gasteiger partial charge on any atom is -0.355 e. The Hall–Kier alpha value is -3.15. The molecule has 3 rings (SSSR count). The van der Waals surface area contributed by atoms with Crippen LogP contribution in [0.3, 0.4) is 0 Å². The third kappa shape index (κ3) is 4.47. The molecule has 0 fully saturated rings. The first-order chi connectivity index (χ1) is 14.1. The van der Waals surface area contributed by atoms with Gasteiger partial charge in [-0.15, -0.1) is 0 Å². The SMILES string of the molecule is CCN(CC)C(=O)CCCNC(=O)Cn1c2ccccc2c(=O)c2ccccc21. The summed E-state index contributed by atoms with van der Waals surface area (Å²) in [6.45, 7) is 5.89. The molecule has 0 bridgehead atoms. The summed E-state index contributed by atoms with van der Waals surface area (Å²) in [5.74, 6) is -0.0270. The van der Waals surface area contributed by atoms with Crippen molar-refractivity contribution in [3.8, 4) is 0 Å². The number of nitrogens with one attached hydrogen (secondary N) is 1. The summed E-state index contributed by atoms with van der Waals surface area (Å²) in [7, 11) is 0. The van der Waals surface area contributed by atoms with Crippen molar-refractivity contribution in [2.75, 3.05) is 19.6 Å². The van der Waals surface area contributed by atoms with Gasteiger partial charge in [0.05, 0.1) is 11.0 Å². The number of rotatable bonds is 8. The lowest BCUT2D eigenvalue weighted by Crippen LogP contribution is -2.32. The van der Waals surface area contributed by atoms with E-state index in [1.165, 1.54) is 0 Å². The normalized spacial score (nSPS) is 11.0. The molecular weight excluding hydrogens is 366 g/mol. The molecule has 2 amide bonds. The van der Waals surface area contributed by atoms with Crippen LogP contribution in [0.15, 0.2) is 53.3 Å². The second-order valence-corrected chi connectivity index (χ2v) is 6.97. The fraction of sp³-hybridized carbons (Fsp3) is 0.348. The van der Waals surface area contributed by atoms with Crippen molar-refractivity contribution in [3.05, 3.63) is 58.8 Å². The van der Waals surface area contributed by atoms with Gasteiger partial charge < -0.3 is 14.8 Å². The Balaban J connectivity index is 1.73. The van der Waals surface area contributed by atoms with E-state index in [9.17, 15) is 14.4 Å². The van der Waals surface area contributed by atoms with E-state index < -0.39 is 0 Å². The van der Waals surface area contributed by atoms with Crippen LogP contribution in [0.5, 0.6) is 0 Å². The first kappa shape index (κ1) is 20.6. The summed E-state index contributed by atoms with van der Waals surface area (Å²) < 4.78 is 1.88. The van der Waals surface area contributed by atoms with Gasteiger partial charge in [0, 0.05) is 36.8 Å². The van der Waals surface area contributed by atoms with Gasteiger partial charge in [-0.05, 0) is 44.5 Å². The largest absolute Gasteiger partial charge is 0.355 e. The number of carbonyl (C=O) groups is 2. The number of hydrogen-bond acceptors (Lipinski definition) is 3. The summed E-state index contributed by atoms with van der Waals surface area (Å²) >= 11 is 0. The predicted molar refractivity (Wildman–Crippen MR) is 116 cm³/mol. The third-order valence-electron chi connectivity index (χ3n) is 5.19. The summed E-state index contributed by atoms with van der Waals surface area (Å²) in [5, 5.41) is 4.10. The molecule has 0 radical (unpaired) electrons. The number of para-hydroxylation sites is 2. The maximum absolute atomic E-state index is 12.8. The zero-order valence-corrected chi connectivity index (χ0v) is 17.0. The Kier molecular flexibility index (Phi) is 6.65. The van der Waals surface area contributed by atoms with Crippen molar-refractivity contribution in [3.63, 3.8) is 0 Å². The fourth-order valence-corrected chi connectivity index (χ4v) is 3.65. The van der Waals surface area contributed by atoms with Crippen LogP contribution in [0, 0.1) is 0 Å². The molecule has 1 heterocycles. The molecule has 0 unspecified atom stereocenters. The monoisotopic (exact) mass is 393 g/mol. The van der Waals surface area contributed by atoms with Crippen molar-refractivity contribution < 1.29 is 9.59 Å². The quantitative estimate of drug-likeness (QED) is 0.472. The zero-order valence-electron chi connectivity index (χ0n) is 17.0. The molecule has 0 aliphatic heterocycles. The second kappa shape index (κ2) is 9.37. The highest BCUT2D eigenvalue weighted by Gasteiger charge is 2.13. The van der Waals surface area contributed by atoms with Gasteiger partial charge in [-0.25, -0.2) is 0 Å². The standard InChI is InChI=1S/C23H27N3O3/c1-3-25(4-2)22(28)14-9-15-24-21(27)16-26-19-12-7-5-10-17(19)23(29)18-11-6-8-13-20(18)26/h5-8,10-13H,3-4,9,14-16H2,1-2H3,(H,24,27). The van der Waals surface area contributed by atoms with Gasteiger partial charge in [0.25, 0.3) is 0 Å². The van der Waals surface area contributed by atoms with Gasteiger partial charge in [0.1, 0.15) is 6.54 Å². The lowest BCUT2D eigenvalue weighted by atomic mass is 10.1. The first-order valence-electron chi connectivity index (χ1n) is 10.1. The molecule has 1 N–H and O–H groups in total. The number of hydrogen-bond donors (Lipinski definition) is 1. The molecule has 0 aliphatic carbocycles. The topological polar surface area (TPSA) is 71.4 Å². The summed E-state index contributed by atoms with van der Waals surface area (Å²) in [4.78, 5) is 39.2. The molecule has 6 nitrogen and oxygen atoms in total. The van der Waals surface area contributed by atoms with E-state index in [-0.39, 0.29) is 23.8 Å². The number of fused-ring (bicyclic) bond motifs is 2. The molecule has 0 atom stereocenters. The molecule has 0 saturated carbocycles. The smallest absolute Gasteiger partial charge is 0.239 e. The first-order valence-corrected chi connectivity index (χ1v) is 10.1. The average molecular weight is 393 g/mol. The van der Waals surface area contributed by atoms with Crippen LogP contribution in [-0.2, 0) is 16.1 Å². The van der Waals surface area contributed by atoms with Gasteiger partial charge >= 0.3 is 0 Å². The molecule has 152 valence electrons. The second-order valence-electron chi connectivity index (χ2n) is 6.97. The number of carbonyl (C=O) groups excluding carboxylic acids is 2. The summed E-state index contributed by atoms with van der Waals surface area (Å²) in [5.41, 5.74) is 1.45. The van der Waals surface area contributed by atoms with E-state index in [1.807, 2.05) is 54.8 Å². The summed E-state index contributed by atoms with van der Waals surface area (Å²) in [6, 6.07) is 14.7. The van der Waals surface area contributed by atoms with Crippen LogP contribution in [0.2, 0.25) is 0 Å². The molecule has 0 spiro atoms. The molecule has 2 aromatic carbocycles. The van der Waals surface area contributed by atoms with Crippen LogP contribution < -0.4 is 10.7 Å². The Morgan fingerprint density at radius 1 is 0.931 bits per heavy atom. The molecular formula is C23H27N3O3. The number of aromatic nitrogens is 1. The number of nitrogens with zero attached hydrogens (tertiary/aromatic N) is 2. The van der Waals surface area contributed by atoms with Crippen molar-refractivity contribution >= 4 is 33.6 Å². The molecule has 1 aromatic heterocycles. The van der Waals surface area contributed by atoms with Crippen LogP contribution in [-0.4, -0.2) is 40.9 Å². The van der Waals surface area contributed by atoms with Gasteiger partial charge in [-0.2, -0.15) is 0 Å². The van der Waals surface area contributed by atoms with Crippen LogP contribution in [0.4, 0.5) is 0 Å². The van der Waals surface area contributed by atoms with Crippen LogP contribution in [0.1, 0.15) is 26.7 Å². The zero-order chi connectivity index (χ0) is 20.8. The van der Waals surface area contributed by atoms with Gasteiger partial charge in [-0.3, -0.25) is 14.4 Å². The molecule has 0 saturated heterocycles. The number of benzene rings is 2. The van der Waals surface area contributed by atoms with E-state index in [2.05, 4.69) is 5.32 Å². The van der Waals surface area contributed by atoms with Crippen molar-refractivity contribution in [2.24, 2.45) is 0 Å². The minimum atomic E-state index is -0.140. The fourth-order valence-electron chi connectivity index (χ4n) is 3.65. The average Bonchev–Trinajstić information content (AvgIpc) is 2.75. The molecule has 0 aliphatic rings. The lowest BCUT2D eigenvalue weighted by molar-refractivity contribution is -0.131. The predicted octanol–water partition coefficient (Wildman–Crippen LogP) is 2.92. The van der Waals surface area contributed by atoms with Crippen molar-refractivity contribution in [2.45, 2.75) is 33.2 Å². The number of amides is 2. The minimum absolute atomic E-state index is 0.0252. The highest BCUT2D eigenvalue weighted by molar-refractivity contribution is 5.94. The molecule has 29 heavy (non-hydrogen) atoms. The summed E-state index contributed by atoms with van der Waals surface area (Å²) in [6.07, 6.45) is 1.03. The van der Waals surface area contributed by atoms with Gasteiger partial charge in [-0.1, -0.05) is 24.3 Å². The van der Waals surface area contributed by atoms with Crippen LogP contribution >= 0.6 is 0 Å². The molecule has 6 heteroatoms. The Morgan fingerprint density at radius 2 is 1.48 bits per heavy atom. The highest BCUT2D eigenvalue weighted by atomic mass is 16.2. The Bertz CT molecular complexity index is 1020. The highest BCUT2D eigenvalue weighted by Crippen LogP contribution is 2.18. The lowest BCUT2D eigenvalue weighted by Gasteiger charge is -2.18. The van der Waals surface area contributed by atoms with Gasteiger partial charge in [0.15, 0.2) is 5.43 Å². The van der Waals surface area contributed by atoms with E-state index >= 15 is 0 Å². The van der Waals surface area contributed by atoms with Gasteiger partial charge in [0.2, 0.25) is 11.8 Å². The van der Waals surface area contributed by atoms with Crippen LogP contribution in [0.25, 0.3) is 21.8 Å². The number of pyridine rings is 1.